The van der Waals surface area contributed by atoms with Crippen molar-refractivity contribution in [1.29, 1.82) is 0 Å². The molecule has 1 aromatic rings. The minimum absolute atomic E-state index is 0.201. The predicted octanol–water partition coefficient (Wildman–Crippen LogP) is 3.03. The summed E-state index contributed by atoms with van der Waals surface area (Å²) < 4.78 is 0. The third-order valence-electron chi connectivity index (χ3n) is 4.37. The average molecular weight is 330 g/mol. The topological polar surface area (TPSA) is 95.5 Å². The maximum absolute atomic E-state index is 12.6. The molecule has 2 rings (SSSR count). The van der Waals surface area contributed by atoms with E-state index in [-0.39, 0.29) is 11.8 Å². The molecule has 0 radical (unpaired) electrons. The van der Waals surface area contributed by atoms with Gasteiger partial charge in [-0.05, 0) is 44.9 Å². The van der Waals surface area contributed by atoms with E-state index in [4.69, 9.17) is 0 Å². The van der Waals surface area contributed by atoms with Crippen molar-refractivity contribution in [3.63, 3.8) is 0 Å². The van der Waals surface area contributed by atoms with E-state index in [0.717, 1.165) is 11.1 Å². The quantitative estimate of drug-likeness (QED) is 0.739. The SMILES string of the molecule is CC(=O)Nc1cccc(NC(=O)[C@@H]2CC(C)=C(C)C[C@H]2C(=O)O)c1. The number of hydrogen-bond acceptors (Lipinski definition) is 3. The van der Waals surface area contributed by atoms with Crippen molar-refractivity contribution in [2.45, 2.75) is 33.6 Å². The van der Waals surface area contributed by atoms with Crippen LogP contribution in [0.1, 0.15) is 33.6 Å². The predicted molar refractivity (Wildman–Crippen MR) is 91.6 cm³/mol. The molecular weight excluding hydrogens is 308 g/mol. The fourth-order valence-corrected chi connectivity index (χ4v) is 2.94. The molecule has 6 heteroatoms. The second-order valence-electron chi connectivity index (χ2n) is 6.27. The number of allylic oxidation sites excluding steroid dienone is 2. The van der Waals surface area contributed by atoms with Gasteiger partial charge in [0.05, 0.1) is 11.8 Å². The van der Waals surface area contributed by atoms with Crippen molar-refractivity contribution in [3.8, 4) is 0 Å². The van der Waals surface area contributed by atoms with Crippen LogP contribution in [0, 0.1) is 11.8 Å². The van der Waals surface area contributed by atoms with Gasteiger partial charge >= 0.3 is 5.97 Å². The molecule has 1 aliphatic carbocycles. The van der Waals surface area contributed by atoms with Gasteiger partial charge in [-0.15, -0.1) is 0 Å². The van der Waals surface area contributed by atoms with Crippen LogP contribution in [0.15, 0.2) is 35.4 Å². The van der Waals surface area contributed by atoms with Crippen molar-refractivity contribution in [2.24, 2.45) is 11.8 Å². The second-order valence-corrected chi connectivity index (χ2v) is 6.27. The van der Waals surface area contributed by atoms with Gasteiger partial charge in [-0.2, -0.15) is 0 Å². The summed E-state index contributed by atoms with van der Waals surface area (Å²) in [5, 5.41) is 14.8. The van der Waals surface area contributed by atoms with Crippen LogP contribution in [0.5, 0.6) is 0 Å². The molecule has 0 fully saturated rings. The highest BCUT2D eigenvalue weighted by atomic mass is 16.4. The lowest BCUT2D eigenvalue weighted by molar-refractivity contribution is -0.146. The van der Waals surface area contributed by atoms with Gasteiger partial charge in [0.1, 0.15) is 0 Å². The first-order valence-electron chi connectivity index (χ1n) is 7.84. The number of carbonyl (C=O) groups is 3. The van der Waals surface area contributed by atoms with E-state index in [0.29, 0.717) is 24.2 Å². The Labute approximate surface area is 140 Å². The Balaban J connectivity index is 2.16. The van der Waals surface area contributed by atoms with Gasteiger partial charge < -0.3 is 15.7 Å². The molecule has 1 aromatic carbocycles. The Morgan fingerprint density at radius 3 is 2.08 bits per heavy atom. The first kappa shape index (κ1) is 17.7. The summed E-state index contributed by atoms with van der Waals surface area (Å²) in [6, 6.07) is 6.78. The molecule has 2 amide bonds. The number of rotatable bonds is 4. The summed E-state index contributed by atoms with van der Waals surface area (Å²) in [7, 11) is 0. The van der Waals surface area contributed by atoms with Crippen LogP contribution >= 0.6 is 0 Å². The van der Waals surface area contributed by atoms with Crippen molar-refractivity contribution in [2.75, 3.05) is 10.6 Å². The minimum atomic E-state index is -0.950. The maximum Gasteiger partial charge on any atom is 0.307 e. The molecule has 128 valence electrons. The van der Waals surface area contributed by atoms with Crippen LogP contribution in [-0.2, 0) is 14.4 Å². The number of amides is 2. The molecule has 0 spiro atoms. The smallest absolute Gasteiger partial charge is 0.307 e. The number of benzene rings is 1. The summed E-state index contributed by atoms with van der Waals surface area (Å²) in [6.07, 6.45) is 0.838. The van der Waals surface area contributed by atoms with Crippen molar-refractivity contribution < 1.29 is 19.5 Å². The van der Waals surface area contributed by atoms with Gasteiger partial charge in [0, 0.05) is 18.3 Å². The first-order chi connectivity index (χ1) is 11.3. The molecule has 0 aliphatic heterocycles. The fraction of sp³-hybridized carbons (Fsp3) is 0.389. The number of carboxylic acids is 1. The van der Waals surface area contributed by atoms with Crippen LogP contribution in [0.2, 0.25) is 0 Å². The molecule has 24 heavy (non-hydrogen) atoms. The minimum Gasteiger partial charge on any atom is -0.481 e. The van der Waals surface area contributed by atoms with Crippen LogP contribution in [0.3, 0.4) is 0 Å². The summed E-state index contributed by atoms with van der Waals surface area (Å²) in [6.45, 7) is 5.25. The van der Waals surface area contributed by atoms with E-state index in [1.807, 2.05) is 13.8 Å². The molecule has 0 bridgehead atoms. The summed E-state index contributed by atoms with van der Waals surface area (Å²) in [5.74, 6) is -2.78. The number of hydrogen-bond donors (Lipinski definition) is 3. The molecule has 0 aromatic heterocycles. The van der Waals surface area contributed by atoms with E-state index >= 15 is 0 Å². The lowest BCUT2D eigenvalue weighted by atomic mass is 9.76. The molecule has 0 saturated heterocycles. The van der Waals surface area contributed by atoms with Crippen molar-refractivity contribution in [3.05, 3.63) is 35.4 Å². The fourth-order valence-electron chi connectivity index (χ4n) is 2.94. The van der Waals surface area contributed by atoms with Crippen molar-refractivity contribution in [1.82, 2.24) is 0 Å². The van der Waals surface area contributed by atoms with Gasteiger partial charge in [0.25, 0.3) is 0 Å². The van der Waals surface area contributed by atoms with Crippen LogP contribution < -0.4 is 10.6 Å². The Bertz CT molecular complexity index is 709. The number of anilines is 2. The van der Waals surface area contributed by atoms with Crippen LogP contribution in [-0.4, -0.2) is 22.9 Å². The zero-order valence-corrected chi connectivity index (χ0v) is 14.1. The highest BCUT2D eigenvalue weighted by Crippen LogP contribution is 2.35. The van der Waals surface area contributed by atoms with E-state index < -0.39 is 17.8 Å². The molecule has 3 N–H and O–H groups in total. The number of nitrogens with one attached hydrogen (secondary N) is 2. The van der Waals surface area contributed by atoms with E-state index in [9.17, 15) is 19.5 Å². The van der Waals surface area contributed by atoms with E-state index in [1.165, 1.54) is 6.92 Å². The Hall–Kier alpha value is -2.63. The van der Waals surface area contributed by atoms with Crippen molar-refractivity contribution >= 4 is 29.2 Å². The second kappa shape index (κ2) is 7.29. The average Bonchev–Trinajstić information content (AvgIpc) is 2.49. The molecule has 0 unspecified atom stereocenters. The zero-order chi connectivity index (χ0) is 17.9. The molecule has 6 nitrogen and oxygen atoms in total. The standard InChI is InChI=1S/C18H22N2O4/c1-10-7-15(16(18(23)24)8-11(10)2)17(22)20-14-6-4-5-13(9-14)19-12(3)21/h4-6,9,15-16H,7-8H2,1-3H3,(H,19,21)(H,20,22)(H,23,24)/t15-,16-/m1/s1. The molecule has 0 saturated carbocycles. The molecular formula is C18H22N2O4. The maximum atomic E-state index is 12.6. The van der Waals surface area contributed by atoms with Gasteiger partial charge in [-0.3, -0.25) is 14.4 Å². The lowest BCUT2D eigenvalue weighted by Gasteiger charge is -2.29. The number of aliphatic carboxylic acids is 1. The van der Waals surface area contributed by atoms with Gasteiger partial charge in [-0.25, -0.2) is 0 Å². The normalized spacial score (nSPS) is 20.5. The van der Waals surface area contributed by atoms with Gasteiger partial charge in [0.2, 0.25) is 11.8 Å². The summed E-state index contributed by atoms with van der Waals surface area (Å²) in [5.41, 5.74) is 3.21. The van der Waals surface area contributed by atoms with E-state index in [2.05, 4.69) is 10.6 Å². The zero-order valence-electron chi connectivity index (χ0n) is 14.1. The van der Waals surface area contributed by atoms with E-state index in [1.54, 1.807) is 24.3 Å². The van der Waals surface area contributed by atoms with Crippen LogP contribution in [0.25, 0.3) is 0 Å². The summed E-state index contributed by atoms with van der Waals surface area (Å²) >= 11 is 0. The Kier molecular flexibility index (Phi) is 5.39. The highest BCUT2D eigenvalue weighted by molar-refractivity contribution is 5.96. The largest absolute Gasteiger partial charge is 0.481 e. The Morgan fingerprint density at radius 1 is 1.00 bits per heavy atom. The first-order valence-corrected chi connectivity index (χ1v) is 7.84. The number of carboxylic acid groups (broad SMARTS) is 1. The summed E-state index contributed by atoms with van der Waals surface area (Å²) in [4.78, 5) is 35.2. The molecule has 1 aliphatic rings. The van der Waals surface area contributed by atoms with Gasteiger partial charge in [-0.1, -0.05) is 17.2 Å². The molecule has 0 heterocycles. The monoisotopic (exact) mass is 330 g/mol. The third kappa shape index (κ3) is 4.22. The third-order valence-corrected chi connectivity index (χ3v) is 4.37. The molecule has 2 atom stereocenters. The Morgan fingerprint density at radius 2 is 1.54 bits per heavy atom. The highest BCUT2D eigenvalue weighted by Gasteiger charge is 2.37. The van der Waals surface area contributed by atoms with Gasteiger partial charge in [0.15, 0.2) is 0 Å². The lowest BCUT2D eigenvalue weighted by Crippen LogP contribution is -2.36. The number of carbonyl (C=O) groups excluding carboxylic acids is 2. The van der Waals surface area contributed by atoms with Crippen LogP contribution in [0.4, 0.5) is 11.4 Å².